The number of aromatic hydroxyl groups is 1. The van der Waals surface area contributed by atoms with Crippen LogP contribution in [0.15, 0.2) is 18.2 Å². The number of carbonyl (C=O) groups is 1. The summed E-state index contributed by atoms with van der Waals surface area (Å²) in [7, 11) is 1.44. The van der Waals surface area contributed by atoms with E-state index < -0.39 is 11.4 Å². The van der Waals surface area contributed by atoms with Gasteiger partial charge in [-0.05, 0) is 18.9 Å². The predicted octanol–water partition coefficient (Wildman–Crippen LogP) is 1.52. The number of ether oxygens (including phenoxy) is 1. The van der Waals surface area contributed by atoms with E-state index in [1.165, 1.54) is 7.11 Å². The third kappa shape index (κ3) is 1.33. The van der Waals surface area contributed by atoms with Crippen LogP contribution in [0.4, 0.5) is 0 Å². The zero-order chi connectivity index (χ0) is 11.1. The molecule has 2 N–H and O–H groups in total. The molecular formula is C11H12O4. The number of para-hydroxylation sites is 1. The second-order valence-corrected chi connectivity index (χ2v) is 3.74. The highest BCUT2D eigenvalue weighted by Crippen LogP contribution is 2.52. The Balaban J connectivity index is 2.50. The highest BCUT2D eigenvalue weighted by atomic mass is 16.5. The predicted molar refractivity (Wildman–Crippen MR) is 53.2 cm³/mol. The van der Waals surface area contributed by atoms with Gasteiger partial charge in [0.05, 0.1) is 12.5 Å². The van der Waals surface area contributed by atoms with Crippen molar-refractivity contribution in [1.82, 2.24) is 0 Å². The summed E-state index contributed by atoms with van der Waals surface area (Å²) in [6, 6.07) is 4.94. The number of phenols is 1. The van der Waals surface area contributed by atoms with Crippen molar-refractivity contribution in [3.05, 3.63) is 23.8 Å². The van der Waals surface area contributed by atoms with E-state index in [0.29, 0.717) is 24.2 Å². The number of carboxylic acids is 1. The first kappa shape index (κ1) is 9.83. The molecule has 0 aromatic heterocycles. The van der Waals surface area contributed by atoms with Crippen LogP contribution < -0.4 is 4.74 Å². The first-order valence-electron chi connectivity index (χ1n) is 4.71. The number of carboxylic acid groups (broad SMARTS) is 1. The van der Waals surface area contributed by atoms with Gasteiger partial charge in [-0.15, -0.1) is 0 Å². The molecule has 1 aliphatic carbocycles. The number of methoxy groups -OCH3 is 1. The van der Waals surface area contributed by atoms with Crippen LogP contribution in [0.2, 0.25) is 0 Å². The first-order chi connectivity index (χ1) is 7.12. The Morgan fingerprint density at radius 1 is 1.47 bits per heavy atom. The van der Waals surface area contributed by atoms with Gasteiger partial charge in [0.1, 0.15) is 0 Å². The van der Waals surface area contributed by atoms with E-state index in [4.69, 9.17) is 9.84 Å². The van der Waals surface area contributed by atoms with Crippen molar-refractivity contribution in [2.75, 3.05) is 7.11 Å². The van der Waals surface area contributed by atoms with E-state index in [0.717, 1.165) is 0 Å². The standard InChI is InChI=1S/C11H12O4/c1-15-8-4-2-3-7(9(8)12)11(5-6-11)10(13)14/h2-4,12H,5-6H2,1H3,(H,13,14). The maximum absolute atomic E-state index is 11.1. The van der Waals surface area contributed by atoms with Gasteiger partial charge in [0.15, 0.2) is 11.5 Å². The molecule has 4 heteroatoms. The van der Waals surface area contributed by atoms with Crippen molar-refractivity contribution in [3.8, 4) is 11.5 Å². The molecule has 0 radical (unpaired) electrons. The summed E-state index contributed by atoms with van der Waals surface area (Å²) in [4.78, 5) is 11.1. The van der Waals surface area contributed by atoms with Gasteiger partial charge in [-0.1, -0.05) is 12.1 Å². The van der Waals surface area contributed by atoms with Gasteiger partial charge in [0.2, 0.25) is 0 Å². The Bertz CT molecular complexity index is 407. The number of hydrogen-bond donors (Lipinski definition) is 2. The fraction of sp³-hybridized carbons (Fsp3) is 0.364. The monoisotopic (exact) mass is 208 g/mol. The zero-order valence-electron chi connectivity index (χ0n) is 8.36. The number of aliphatic carboxylic acids is 1. The second kappa shape index (κ2) is 3.15. The van der Waals surface area contributed by atoms with Gasteiger partial charge in [0.25, 0.3) is 0 Å². The van der Waals surface area contributed by atoms with Crippen molar-refractivity contribution >= 4 is 5.97 Å². The lowest BCUT2D eigenvalue weighted by molar-refractivity contribution is -0.140. The third-order valence-electron chi connectivity index (χ3n) is 2.89. The quantitative estimate of drug-likeness (QED) is 0.790. The van der Waals surface area contributed by atoms with E-state index in [-0.39, 0.29) is 5.75 Å². The van der Waals surface area contributed by atoms with E-state index in [9.17, 15) is 9.90 Å². The van der Waals surface area contributed by atoms with Crippen LogP contribution in [0.1, 0.15) is 18.4 Å². The lowest BCUT2D eigenvalue weighted by Gasteiger charge is -2.13. The average Bonchev–Trinajstić information content (AvgIpc) is 2.99. The van der Waals surface area contributed by atoms with Gasteiger partial charge >= 0.3 is 5.97 Å². The lowest BCUT2D eigenvalue weighted by Crippen LogP contribution is -2.19. The molecule has 1 saturated carbocycles. The summed E-state index contributed by atoms with van der Waals surface area (Å²) in [5.41, 5.74) is -0.437. The molecule has 1 fully saturated rings. The molecule has 1 aliphatic rings. The number of rotatable bonds is 3. The van der Waals surface area contributed by atoms with Crippen LogP contribution >= 0.6 is 0 Å². The van der Waals surface area contributed by atoms with E-state index in [2.05, 4.69) is 0 Å². The van der Waals surface area contributed by atoms with Crippen LogP contribution in [-0.4, -0.2) is 23.3 Å². The van der Waals surface area contributed by atoms with Gasteiger partial charge in [0, 0.05) is 5.56 Å². The maximum atomic E-state index is 11.1. The highest BCUT2D eigenvalue weighted by molar-refractivity contribution is 5.86. The highest BCUT2D eigenvalue weighted by Gasteiger charge is 2.53. The summed E-state index contributed by atoms with van der Waals surface area (Å²) < 4.78 is 4.95. The lowest BCUT2D eigenvalue weighted by atomic mass is 9.95. The Morgan fingerprint density at radius 2 is 2.13 bits per heavy atom. The fourth-order valence-electron chi connectivity index (χ4n) is 1.80. The molecule has 4 nitrogen and oxygen atoms in total. The van der Waals surface area contributed by atoms with Crippen LogP contribution in [0.5, 0.6) is 11.5 Å². The third-order valence-corrected chi connectivity index (χ3v) is 2.89. The first-order valence-corrected chi connectivity index (χ1v) is 4.71. The molecule has 0 aliphatic heterocycles. The number of benzene rings is 1. The normalized spacial score (nSPS) is 17.1. The van der Waals surface area contributed by atoms with Crippen molar-refractivity contribution in [1.29, 1.82) is 0 Å². The molecule has 1 aromatic rings. The summed E-state index contributed by atoms with van der Waals surface area (Å²) in [5, 5.41) is 18.9. The molecule has 80 valence electrons. The molecule has 2 rings (SSSR count). The van der Waals surface area contributed by atoms with Gasteiger partial charge in [-0.25, -0.2) is 0 Å². The fourth-order valence-corrected chi connectivity index (χ4v) is 1.80. The molecular weight excluding hydrogens is 196 g/mol. The maximum Gasteiger partial charge on any atom is 0.314 e. The van der Waals surface area contributed by atoms with Crippen LogP contribution in [0.25, 0.3) is 0 Å². The van der Waals surface area contributed by atoms with Crippen LogP contribution in [-0.2, 0) is 10.2 Å². The molecule has 0 unspecified atom stereocenters. The van der Waals surface area contributed by atoms with Gasteiger partial charge < -0.3 is 14.9 Å². The minimum absolute atomic E-state index is 0.0556. The summed E-state index contributed by atoms with van der Waals surface area (Å²) >= 11 is 0. The molecule has 0 saturated heterocycles. The van der Waals surface area contributed by atoms with Gasteiger partial charge in [-0.2, -0.15) is 0 Å². The minimum Gasteiger partial charge on any atom is -0.504 e. The summed E-state index contributed by atoms with van der Waals surface area (Å²) in [6.07, 6.45) is 1.14. The number of phenolic OH excluding ortho intramolecular Hbond substituents is 1. The van der Waals surface area contributed by atoms with E-state index in [1.807, 2.05) is 0 Å². The topological polar surface area (TPSA) is 66.8 Å². The molecule has 0 bridgehead atoms. The summed E-state index contributed by atoms with van der Waals surface area (Å²) in [6.45, 7) is 0. The Labute approximate surface area is 87.1 Å². The van der Waals surface area contributed by atoms with E-state index in [1.54, 1.807) is 18.2 Å². The second-order valence-electron chi connectivity index (χ2n) is 3.74. The molecule has 0 spiro atoms. The number of hydrogen-bond acceptors (Lipinski definition) is 3. The van der Waals surface area contributed by atoms with Gasteiger partial charge in [-0.3, -0.25) is 4.79 Å². The smallest absolute Gasteiger partial charge is 0.314 e. The Kier molecular flexibility index (Phi) is 2.07. The van der Waals surface area contributed by atoms with Crippen molar-refractivity contribution < 1.29 is 19.7 Å². The Hall–Kier alpha value is -1.71. The Morgan fingerprint density at radius 3 is 2.60 bits per heavy atom. The molecule has 15 heavy (non-hydrogen) atoms. The van der Waals surface area contributed by atoms with Crippen molar-refractivity contribution in [2.45, 2.75) is 18.3 Å². The van der Waals surface area contributed by atoms with Crippen molar-refractivity contribution in [2.24, 2.45) is 0 Å². The molecule has 0 heterocycles. The van der Waals surface area contributed by atoms with E-state index >= 15 is 0 Å². The molecule has 1 aromatic carbocycles. The average molecular weight is 208 g/mol. The summed E-state index contributed by atoms with van der Waals surface area (Å²) in [5.74, 6) is -0.619. The molecule has 0 amide bonds. The zero-order valence-corrected chi connectivity index (χ0v) is 8.36. The minimum atomic E-state index is -0.890. The van der Waals surface area contributed by atoms with Crippen molar-refractivity contribution in [3.63, 3.8) is 0 Å². The molecule has 0 atom stereocenters. The van der Waals surface area contributed by atoms with Crippen LogP contribution in [0.3, 0.4) is 0 Å². The largest absolute Gasteiger partial charge is 0.504 e. The SMILES string of the molecule is COc1cccc(C2(C(=O)O)CC2)c1O. The van der Waals surface area contributed by atoms with Crippen LogP contribution in [0, 0.1) is 0 Å².